The van der Waals surface area contributed by atoms with E-state index in [4.69, 9.17) is 17.3 Å². The highest BCUT2D eigenvalue weighted by atomic mass is 35.5. The van der Waals surface area contributed by atoms with Crippen LogP contribution in [0.25, 0.3) is 10.2 Å². The molecule has 1 fully saturated rings. The first-order chi connectivity index (χ1) is 12.2. The van der Waals surface area contributed by atoms with Gasteiger partial charge in [-0.2, -0.15) is 0 Å². The Morgan fingerprint density at radius 1 is 1.32 bits per heavy atom. The second-order valence-electron chi connectivity index (χ2n) is 6.26. The highest BCUT2D eigenvalue weighted by molar-refractivity contribution is 7.18. The molecule has 0 saturated heterocycles. The van der Waals surface area contributed by atoms with Crippen molar-refractivity contribution in [1.82, 2.24) is 4.98 Å². The zero-order valence-corrected chi connectivity index (χ0v) is 16.8. The molecule has 4 rings (SSSR count). The van der Waals surface area contributed by atoms with Gasteiger partial charge in [0.15, 0.2) is 0 Å². The number of rotatable bonds is 4. The van der Waals surface area contributed by atoms with Gasteiger partial charge in [0, 0.05) is 23.5 Å². The van der Waals surface area contributed by atoms with Crippen LogP contribution in [0.15, 0.2) is 29.0 Å². The second-order valence-corrected chi connectivity index (χ2v) is 8.56. The largest absolute Gasteiger partial charge is 0.379 e. The second kappa shape index (κ2) is 8.99. The fraction of sp³-hybridized carbons (Fsp3) is 0.421. The SMILES string of the molecule is CCc1csc2c(NCc3cccs3)cc(Cl)nc12.NC1CCCC1. The van der Waals surface area contributed by atoms with E-state index >= 15 is 0 Å². The van der Waals surface area contributed by atoms with Gasteiger partial charge in [0.25, 0.3) is 0 Å². The smallest absolute Gasteiger partial charge is 0.131 e. The van der Waals surface area contributed by atoms with Crippen molar-refractivity contribution in [2.24, 2.45) is 5.73 Å². The van der Waals surface area contributed by atoms with E-state index in [1.165, 1.54) is 40.8 Å². The van der Waals surface area contributed by atoms with Gasteiger partial charge in [0.2, 0.25) is 0 Å². The third-order valence-corrected chi connectivity index (χ3v) is 6.50. The zero-order valence-electron chi connectivity index (χ0n) is 14.4. The van der Waals surface area contributed by atoms with Gasteiger partial charge in [-0.15, -0.1) is 22.7 Å². The van der Waals surface area contributed by atoms with E-state index < -0.39 is 0 Å². The van der Waals surface area contributed by atoms with Crippen molar-refractivity contribution in [2.45, 2.75) is 51.6 Å². The van der Waals surface area contributed by atoms with Crippen LogP contribution in [0.1, 0.15) is 43.0 Å². The molecule has 0 aromatic carbocycles. The van der Waals surface area contributed by atoms with Crippen LogP contribution in [-0.4, -0.2) is 11.0 Å². The van der Waals surface area contributed by atoms with E-state index in [2.05, 4.69) is 40.1 Å². The number of pyridine rings is 1. The number of nitrogens with two attached hydrogens (primary N) is 1. The van der Waals surface area contributed by atoms with Gasteiger partial charge in [-0.1, -0.05) is 37.4 Å². The lowest BCUT2D eigenvalue weighted by Crippen LogP contribution is -2.13. The minimum absolute atomic E-state index is 0.546. The molecule has 0 amide bonds. The van der Waals surface area contributed by atoms with Crippen LogP contribution in [0.2, 0.25) is 5.15 Å². The first kappa shape index (κ1) is 18.6. The van der Waals surface area contributed by atoms with Gasteiger partial charge in [-0.25, -0.2) is 4.98 Å². The molecule has 3 aromatic heterocycles. The zero-order chi connectivity index (χ0) is 17.6. The number of nitrogens with zero attached hydrogens (tertiary/aromatic N) is 1. The molecule has 25 heavy (non-hydrogen) atoms. The number of anilines is 1. The maximum absolute atomic E-state index is 6.13. The summed E-state index contributed by atoms with van der Waals surface area (Å²) in [5.74, 6) is 0. The summed E-state index contributed by atoms with van der Waals surface area (Å²) < 4.78 is 1.19. The van der Waals surface area contributed by atoms with E-state index in [1.54, 1.807) is 22.7 Å². The van der Waals surface area contributed by atoms with E-state index in [0.29, 0.717) is 11.2 Å². The van der Waals surface area contributed by atoms with Crippen molar-refractivity contribution in [3.8, 4) is 0 Å². The Balaban J connectivity index is 0.000000258. The summed E-state index contributed by atoms with van der Waals surface area (Å²) >= 11 is 9.61. The molecular formula is C19H24ClN3S2. The first-order valence-electron chi connectivity index (χ1n) is 8.75. The van der Waals surface area contributed by atoms with Crippen LogP contribution < -0.4 is 11.1 Å². The number of aromatic nitrogens is 1. The molecule has 0 radical (unpaired) electrons. The fourth-order valence-corrected chi connectivity index (χ4v) is 4.88. The lowest BCUT2D eigenvalue weighted by Gasteiger charge is -2.07. The van der Waals surface area contributed by atoms with E-state index in [-0.39, 0.29) is 0 Å². The summed E-state index contributed by atoms with van der Waals surface area (Å²) in [6, 6.07) is 6.65. The Morgan fingerprint density at radius 3 is 2.72 bits per heavy atom. The Labute approximate surface area is 162 Å². The Bertz CT molecular complexity index is 792. The molecule has 1 aliphatic carbocycles. The van der Waals surface area contributed by atoms with Crippen LogP contribution >= 0.6 is 34.3 Å². The normalized spacial score (nSPS) is 14.5. The molecule has 134 valence electrons. The molecule has 3 heterocycles. The molecule has 6 heteroatoms. The quantitative estimate of drug-likeness (QED) is 0.528. The Kier molecular flexibility index (Phi) is 6.70. The van der Waals surface area contributed by atoms with Crippen LogP contribution in [0, 0.1) is 0 Å². The predicted molar refractivity (Wildman–Crippen MR) is 112 cm³/mol. The molecule has 1 saturated carbocycles. The number of hydrogen-bond acceptors (Lipinski definition) is 5. The molecular weight excluding hydrogens is 370 g/mol. The average molecular weight is 394 g/mol. The fourth-order valence-electron chi connectivity index (χ4n) is 2.96. The minimum Gasteiger partial charge on any atom is -0.379 e. The Hall–Kier alpha value is -1.14. The van der Waals surface area contributed by atoms with E-state index in [0.717, 1.165) is 24.2 Å². The summed E-state index contributed by atoms with van der Waals surface area (Å²) in [6.07, 6.45) is 6.24. The van der Waals surface area contributed by atoms with E-state index in [9.17, 15) is 0 Å². The van der Waals surface area contributed by atoms with Gasteiger partial charge in [0.05, 0.1) is 15.9 Å². The van der Waals surface area contributed by atoms with Crippen molar-refractivity contribution < 1.29 is 0 Å². The van der Waals surface area contributed by atoms with Gasteiger partial charge in [-0.05, 0) is 41.7 Å². The number of nitrogens with one attached hydrogen (secondary N) is 1. The third kappa shape index (κ3) is 4.94. The monoisotopic (exact) mass is 393 g/mol. The lowest BCUT2D eigenvalue weighted by molar-refractivity contribution is 0.704. The average Bonchev–Trinajstić information content (AvgIpc) is 3.34. The van der Waals surface area contributed by atoms with Crippen molar-refractivity contribution in [2.75, 3.05) is 5.32 Å². The maximum atomic E-state index is 6.13. The van der Waals surface area contributed by atoms with Crippen LogP contribution in [0.5, 0.6) is 0 Å². The van der Waals surface area contributed by atoms with Crippen LogP contribution in [0.3, 0.4) is 0 Å². The van der Waals surface area contributed by atoms with Gasteiger partial charge in [-0.3, -0.25) is 0 Å². The van der Waals surface area contributed by atoms with E-state index in [1.807, 2.05) is 6.07 Å². The highest BCUT2D eigenvalue weighted by Crippen LogP contribution is 2.33. The summed E-state index contributed by atoms with van der Waals surface area (Å²) in [7, 11) is 0. The number of halogens is 1. The molecule has 0 atom stereocenters. The van der Waals surface area contributed by atoms with Crippen LogP contribution in [0.4, 0.5) is 5.69 Å². The number of aryl methyl sites for hydroxylation is 1. The molecule has 3 N–H and O–H groups in total. The van der Waals surface area contributed by atoms with Gasteiger partial charge in [0.1, 0.15) is 5.15 Å². The molecule has 3 aromatic rings. The molecule has 0 bridgehead atoms. The number of fused-ring (bicyclic) bond motifs is 1. The predicted octanol–water partition coefficient (Wildman–Crippen LogP) is 6.07. The summed E-state index contributed by atoms with van der Waals surface area (Å²) in [5.41, 5.74) is 8.91. The maximum Gasteiger partial charge on any atom is 0.131 e. The van der Waals surface area contributed by atoms with Crippen molar-refractivity contribution in [3.63, 3.8) is 0 Å². The summed E-state index contributed by atoms with van der Waals surface area (Å²) in [5, 5.41) is 8.28. The van der Waals surface area contributed by atoms with Gasteiger partial charge >= 0.3 is 0 Å². The number of thiophene rings is 2. The molecule has 0 aliphatic heterocycles. The molecule has 0 spiro atoms. The molecule has 3 nitrogen and oxygen atoms in total. The Morgan fingerprint density at radius 2 is 2.12 bits per heavy atom. The third-order valence-electron chi connectivity index (χ3n) is 4.38. The highest BCUT2D eigenvalue weighted by Gasteiger charge is 2.10. The van der Waals surface area contributed by atoms with Crippen molar-refractivity contribution >= 4 is 50.2 Å². The number of hydrogen-bond donors (Lipinski definition) is 2. The standard InChI is InChI=1S/C14H13ClN2S2.C5H11N/c1-2-9-8-19-14-11(6-12(15)17-13(9)14)16-7-10-4-3-5-18-10;6-5-3-1-2-4-5/h3-6,8H,2,7H2,1H3,(H,16,17);5H,1-4,6H2. The molecule has 1 aliphatic rings. The first-order valence-corrected chi connectivity index (χ1v) is 10.9. The topological polar surface area (TPSA) is 50.9 Å². The van der Waals surface area contributed by atoms with Gasteiger partial charge < -0.3 is 11.1 Å². The van der Waals surface area contributed by atoms with Crippen molar-refractivity contribution in [1.29, 1.82) is 0 Å². The molecule has 0 unspecified atom stereocenters. The summed E-state index contributed by atoms with van der Waals surface area (Å²) in [6.45, 7) is 2.97. The van der Waals surface area contributed by atoms with Crippen LogP contribution in [-0.2, 0) is 13.0 Å². The van der Waals surface area contributed by atoms with Crippen molar-refractivity contribution in [3.05, 3.63) is 44.6 Å². The minimum atomic E-state index is 0.546. The summed E-state index contributed by atoms with van der Waals surface area (Å²) in [4.78, 5) is 5.76. The lowest BCUT2D eigenvalue weighted by atomic mass is 10.2.